The number of hydrogen-bond acceptors (Lipinski definition) is 3. The van der Waals surface area contributed by atoms with Crippen LogP contribution in [-0.4, -0.2) is 34.7 Å². The van der Waals surface area contributed by atoms with Gasteiger partial charge in [0, 0.05) is 44.1 Å². The molecule has 28 heavy (non-hydrogen) atoms. The van der Waals surface area contributed by atoms with Gasteiger partial charge >= 0.3 is 6.18 Å². The molecule has 0 radical (unpaired) electrons. The Labute approximate surface area is 160 Å². The minimum atomic E-state index is -4.49. The van der Waals surface area contributed by atoms with E-state index in [4.69, 9.17) is 0 Å². The molecular formula is C19H21F3N4O2. The van der Waals surface area contributed by atoms with Crippen LogP contribution in [0, 0.1) is 11.8 Å². The van der Waals surface area contributed by atoms with Gasteiger partial charge in [0.25, 0.3) is 0 Å². The second-order valence-corrected chi connectivity index (χ2v) is 7.03. The molecule has 0 unspecified atom stereocenters. The van der Waals surface area contributed by atoms with E-state index in [1.807, 2.05) is 19.2 Å². The minimum Gasteiger partial charge on any atom is -0.355 e. The first-order chi connectivity index (χ1) is 13.2. The highest BCUT2D eigenvalue weighted by Crippen LogP contribution is 2.33. The van der Waals surface area contributed by atoms with Crippen molar-refractivity contribution in [2.75, 3.05) is 18.0 Å². The van der Waals surface area contributed by atoms with Crippen LogP contribution < -0.4 is 10.2 Å². The summed E-state index contributed by atoms with van der Waals surface area (Å²) in [6.45, 7) is 3.11. The fourth-order valence-electron chi connectivity index (χ4n) is 3.19. The van der Waals surface area contributed by atoms with Gasteiger partial charge in [-0.15, -0.1) is 0 Å². The standard InChI is InChI=1S/C19H21F3N4O2/c1-13(11-25-7-3-6-24-25)10-23-18(28)14-8-17(27)26(12-14)16-5-2-4-15(9-16)19(20,21)22/h2-7,9,13-14H,8,10-12H2,1H3,(H,23,28)/t13-,14-/m1/s1. The van der Waals surface area contributed by atoms with Crippen LogP contribution in [0.5, 0.6) is 0 Å². The number of halogens is 3. The Bertz CT molecular complexity index is 836. The summed E-state index contributed by atoms with van der Waals surface area (Å²) < 4.78 is 40.5. The number of hydrogen-bond donors (Lipinski definition) is 1. The van der Waals surface area contributed by atoms with Crippen molar-refractivity contribution in [3.63, 3.8) is 0 Å². The zero-order valence-corrected chi connectivity index (χ0v) is 15.3. The highest BCUT2D eigenvalue weighted by Gasteiger charge is 2.36. The predicted molar refractivity (Wildman–Crippen MR) is 96.3 cm³/mol. The first-order valence-electron chi connectivity index (χ1n) is 8.97. The summed E-state index contributed by atoms with van der Waals surface area (Å²) in [6, 6.07) is 6.41. The lowest BCUT2D eigenvalue weighted by Gasteiger charge is -2.19. The largest absolute Gasteiger partial charge is 0.416 e. The highest BCUT2D eigenvalue weighted by atomic mass is 19.4. The Balaban J connectivity index is 1.57. The van der Waals surface area contributed by atoms with Crippen LogP contribution in [0.4, 0.5) is 18.9 Å². The van der Waals surface area contributed by atoms with Gasteiger partial charge in [0.15, 0.2) is 0 Å². The van der Waals surface area contributed by atoms with Crippen molar-refractivity contribution in [2.45, 2.75) is 26.1 Å². The Morgan fingerprint density at radius 1 is 1.36 bits per heavy atom. The van der Waals surface area contributed by atoms with Crippen molar-refractivity contribution in [3.8, 4) is 0 Å². The van der Waals surface area contributed by atoms with E-state index >= 15 is 0 Å². The van der Waals surface area contributed by atoms with Gasteiger partial charge in [0.2, 0.25) is 11.8 Å². The number of alkyl halides is 3. The van der Waals surface area contributed by atoms with Crippen molar-refractivity contribution >= 4 is 17.5 Å². The lowest BCUT2D eigenvalue weighted by atomic mass is 10.1. The smallest absolute Gasteiger partial charge is 0.355 e. The molecule has 1 aliphatic rings. The summed E-state index contributed by atoms with van der Waals surface area (Å²) in [7, 11) is 0. The molecule has 2 amide bonds. The molecule has 3 rings (SSSR count). The highest BCUT2D eigenvalue weighted by molar-refractivity contribution is 6.00. The van der Waals surface area contributed by atoms with Gasteiger partial charge in [0.05, 0.1) is 11.5 Å². The number of aromatic nitrogens is 2. The van der Waals surface area contributed by atoms with E-state index in [1.54, 1.807) is 10.9 Å². The van der Waals surface area contributed by atoms with E-state index in [2.05, 4.69) is 10.4 Å². The second-order valence-electron chi connectivity index (χ2n) is 7.03. The molecule has 0 bridgehead atoms. The lowest BCUT2D eigenvalue weighted by molar-refractivity contribution is -0.137. The molecule has 9 heteroatoms. The molecule has 150 valence electrons. The number of amides is 2. The monoisotopic (exact) mass is 394 g/mol. The van der Waals surface area contributed by atoms with Gasteiger partial charge in [0.1, 0.15) is 0 Å². The molecule has 0 spiro atoms. The maximum atomic E-state index is 12.9. The average Bonchev–Trinajstić information content (AvgIpc) is 3.28. The van der Waals surface area contributed by atoms with E-state index in [1.165, 1.54) is 17.0 Å². The molecular weight excluding hydrogens is 373 g/mol. The van der Waals surface area contributed by atoms with Gasteiger partial charge in [-0.1, -0.05) is 13.0 Å². The van der Waals surface area contributed by atoms with Crippen LogP contribution in [0.3, 0.4) is 0 Å². The van der Waals surface area contributed by atoms with Crippen molar-refractivity contribution in [2.24, 2.45) is 11.8 Å². The van der Waals surface area contributed by atoms with Crippen molar-refractivity contribution in [1.82, 2.24) is 15.1 Å². The molecule has 2 aromatic rings. The van der Waals surface area contributed by atoms with E-state index in [0.717, 1.165) is 12.1 Å². The number of rotatable bonds is 6. The first-order valence-corrected chi connectivity index (χ1v) is 8.97. The molecule has 6 nitrogen and oxygen atoms in total. The normalized spacial score (nSPS) is 18.4. The summed E-state index contributed by atoms with van der Waals surface area (Å²) >= 11 is 0. The van der Waals surface area contributed by atoms with Crippen LogP contribution in [0.2, 0.25) is 0 Å². The maximum absolute atomic E-state index is 12.9. The molecule has 2 heterocycles. The number of anilines is 1. The Morgan fingerprint density at radius 3 is 2.82 bits per heavy atom. The Morgan fingerprint density at radius 2 is 2.14 bits per heavy atom. The number of nitrogens with one attached hydrogen (secondary N) is 1. The van der Waals surface area contributed by atoms with Gasteiger partial charge in [-0.05, 0) is 30.2 Å². The van der Waals surface area contributed by atoms with E-state index in [0.29, 0.717) is 13.1 Å². The van der Waals surface area contributed by atoms with Crippen LogP contribution in [0.15, 0.2) is 42.7 Å². The predicted octanol–water partition coefficient (Wildman–Crippen LogP) is 2.71. The van der Waals surface area contributed by atoms with Crippen molar-refractivity contribution in [1.29, 1.82) is 0 Å². The minimum absolute atomic E-state index is 0.0182. The topological polar surface area (TPSA) is 67.2 Å². The van der Waals surface area contributed by atoms with Crippen LogP contribution in [0.25, 0.3) is 0 Å². The summed E-state index contributed by atoms with van der Waals surface area (Å²) in [6.07, 6.45) is -0.991. The molecule has 1 saturated heterocycles. The summed E-state index contributed by atoms with van der Waals surface area (Å²) in [5, 5.41) is 6.94. The zero-order chi connectivity index (χ0) is 20.3. The molecule has 1 N–H and O–H groups in total. The van der Waals surface area contributed by atoms with Crippen LogP contribution in [-0.2, 0) is 22.3 Å². The van der Waals surface area contributed by atoms with Gasteiger partial charge in [-0.2, -0.15) is 18.3 Å². The fraction of sp³-hybridized carbons (Fsp3) is 0.421. The molecule has 0 saturated carbocycles. The van der Waals surface area contributed by atoms with Crippen LogP contribution >= 0.6 is 0 Å². The quantitative estimate of drug-likeness (QED) is 0.819. The molecule has 1 aromatic heterocycles. The summed E-state index contributed by atoms with van der Waals surface area (Å²) in [5.41, 5.74) is -0.666. The third-order valence-electron chi connectivity index (χ3n) is 4.66. The van der Waals surface area contributed by atoms with Gasteiger partial charge < -0.3 is 10.2 Å². The molecule has 2 atom stereocenters. The molecule has 1 fully saturated rings. The third kappa shape index (κ3) is 4.71. The van der Waals surface area contributed by atoms with Gasteiger partial charge in [-0.25, -0.2) is 0 Å². The van der Waals surface area contributed by atoms with Gasteiger partial charge in [-0.3, -0.25) is 14.3 Å². The fourth-order valence-corrected chi connectivity index (χ4v) is 3.19. The van der Waals surface area contributed by atoms with Crippen molar-refractivity contribution < 1.29 is 22.8 Å². The first kappa shape index (κ1) is 19.9. The Hall–Kier alpha value is -2.84. The summed E-state index contributed by atoms with van der Waals surface area (Å²) in [5.74, 6) is -1.07. The molecule has 1 aliphatic heterocycles. The van der Waals surface area contributed by atoms with E-state index < -0.39 is 17.7 Å². The van der Waals surface area contributed by atoms with Crippen molar-refractivity contribution in [3.05, 3.63) is 48.3 Å². The zero-order valence-electron chi connectivity index (χ0n) is 15.3. The number of carbonyl (C=O) groups excluding carboxylic acids is 2. The second kappa shape index (κ2) is 8.04. The Kier molecular flexibility index (Phi) is 5.71. The number of carbonyl (C=O) groups is 2. The number of benzene rings is 1. The summed E-state index contributed by atoms with van der Waals surface area (Å²) in [4.78, 5) is 25.9. The van der Waals surface area contributed by atoms with E-state index in [-0.39, 0.29) is 36.4 Å². The number of nitrogens with zero attached hydrogens (tertiary/aromatic N) is 3. The van der Waals surface area contributed by atoms with E-state index in [9.17, 15) is 22.8 Å². The third-order valence-corrected chi connectivity index (χ3v) is 4.66. The van der Waals surface area contributed by atoms with Crippen LogP contribution in [0.1, 0.15) is 18.9 Å². The maximum Gasteiger partial charge on any atom is 0.416 e. The molecule has 1 aromatic carbocycles. The lowest BCUT2D eigenvalue weighted by Crippen LogP contribution is -2.36. The SMILES string of the molecule is C[C@H](CNC(=O)[C@@H]1CC(=O)N(c2cccc(C(F)(F)F)c2)C1)Cn1cccn1. The molecule has 0 aliphatic carbocycles. The average molecular weight is 394 g/mol.